The van der Waals surface area contributed by atoms with Crippen LogP contribution in [0.25, 0.3) is 78.3 Å². The van der Waals surface area contributed by atoms with Crippen LogP contribution in [0.1, 0.15) is 38.9 Å². The second-order valence-electron chi connectivity index (χ2n) is 17.4. The minimum atomic E-state index is 0. The van der Waals surface area contributed by atoms with E-state index in [0.29, 0.717) is 0 Å². The molecule has 4 heteroatoms. The zero-order chi connectivity index (χ0) is 45.5. The largest absolute Gasteiger partial charge is 3.00 e. The van der Waals surface area contributed by atoms with Gasteiger partial charge in [0, 0.05) is 24.2 Å². The molecule has 0 bridgehead atoms. The van der Waals surface area contributed by atoms with E-state index in [4.69, 9.17) is 15.0 Å². The van der Waals surface area contributed by atoms with Gasteiger partial charge in [-0.15, -0.1) is 107 Å². The van der Waals surface area contributed by atoms with Crippen LogP contribution < -0.4 is 0 Å². The maximum atomic E-state index is 5.09. The summed E-state index contributed by atoms with van der Waals surface area (Å²) in [6.45, 7) is 6.58. The fourth-order valence-electron chi connectivity index (χ4n) is 9.09. The van der Waals surface area contributed by atoms with Gasteiger partial charge in [-0.3, -0.25) is 0 Å². The van der Waals surface area contributed by atoms with Crippen molar-refractivity contribution in [1.82, 2.24) is 15.0 Å². The molecular weight excluding hydrogens is 1000 g/mol. The van der Waals surface area contributed by atoms with Gasteiger partial charge < -0.3 is 15.0 Å². The van der Waals surface area contributed by atoms with Crippen LogP contribution in [0.3, 0.4) is 0 Å². The maximum Gasteiger partial charge on any atom is 3.00 e. The molecule has 0 unspecified atom stereocenters. The molecule has 0 fully saturated rings. The van der Waals surface area contributed by atoms with Crippen molar-refractivity contribution in [1.29, 1.82) is 0 Å². The number of hydrogen-bond donors (Lipinski definition) is 0. The predicted octanol–water partition coefficient (Wildman–Crippen LogP) is 15.4. The van der Waals surface area contributed by atoms with Crippen molar-refractivity contribution < 1.29 is 20.1 Å². The van der Waals surface area contributed by atoms with E-state index in [1.54, 1.807) is 0 Å². The summed E-state index contributed by atoms with van der Waals surface area (Å²) in [6, 6.07) is 74.3. The SMILES string of the molecule is Cc1cc(-c2[c-]cccc2)ncc1CCc1cc(CCc2cnc(-c3[c-]cccc3)cc2C)cc(-c2ccccc2-c2cnc(-c3[c-]ccc(-c4ccc(-c5ccccc5)cc4)c3)cc2C)c1.[Ir+3]. The van der Waals surface area contributed by atoms with E-state index in [0.717, 1.165) is 76.1 Å². The van der Waals surface area contributed by atoms with Crippen molar-refractivity contribution in [3.8, 4) is 78.3 Å². The van der Waals surface area contributed by atoms with Gasteiger partial charge in [0.25, 0.3) is 0 Å². The van der Waals surface area contributed by atoms with Gasteiger partial charge in [0.2, 0.25) is 0 Å². The summed E-state index contributed by atoms with van der Waals surface area (Å²) in [5.41, 5.74) is 24.0. The molecule has 330 valence electrons. The van der Waals surface area contributed by atoms with Crippen LogP contribution in [0.15, 0.2) is 201 Å². The molecule has 0 N–H and O–H groups in total. The summed E-state index contributed by atoms with van der Waals surface area (Å²) >= 11 is 0. The van der Waals surface area contributed by atoms with Crippen LogP contribution in [0.2, 0.25) is 0 Å². The average Bonchev–Trinajstić information content (AvgIpc) is 3.38. The molecule has 10 rings (SSSR count). The summed E-state index contributed by atoms with van der Waals surface area (Å²) in [6.07, 6.45) is 9.72. The molecule has 0 saturated heterocycles. The third kappa shape index (κ3) is 10.4. The molecule has 3 aromatic heterocycles. The zero-order valence-electron chi connectivity index (χ0n) is 38.6. The van der Waals surface area contributed by atoms with E-state index in [1.165, 1.54) is 66.8 Å². The van der Waals surface area contributed by atoms with Crippen LogP contribution >= 0.6 is 0 Å². The van der Waals surface area contributed by atoms with Crippen molar-refractivity contribution in [2.45, 2.75) is 46.5 Å². The Morgan fingerprint density at radius 2 is 0.824 bits per heavy atom. The van der Waals surface area contributed by atoms with E-state index in [-0.39, 0.29) is 20.1 Å². The second kappa shape index (κ2) is 21.1. The topological polar surface area (TPSA) is 38.7 Å². The molecule has 0 aliphatic carbocycles. The molecule has 0 aliphatic heterocycles. The molecule has 0 saturated carbocycles. The number of rotatable bonds is 13. The Labute approximate surface area is 415 Å². The standard InChI is InChI=1S/C64H50N3.Ir/c1-44-34-62(52-18-9-5-10-19-52)65-41-56(44)28-26-47-37-48(27-29-57-42-66-63(35-45(57)2)53-20-11-6-12-21-53)39-58(38-47)59-24-13-14-25-60(59)61-43-67-64(36-46(61)3)55-23-15-22-54(40-55)51-32-30-50(31-33-51)49-16-7-4-8-17-49;/h4-18,20,22,24-25,30-43H,26-29H2,1-3H3;/q-3;+3. The second-order valence-corrected chi connectivity index (χ2v) is 17.4. The van der Waals surface area contributed by atoms with Crippen molar-refractivity contribution in [2.75, 3.05) is 0 Å². The van der Waals surface area contributed by atoms with Crippen LogP contribution in [0.5, 0.6) is 0 Å². The molecule has 7 aromatic carbocycles. The summed E-state index contributed by atoms with van der Waals surface area (Å²) in [5.74, 6) is 0. The van der Waals surface area contributed by atoms with Gasteiger partial charge in [-0.2, -0.15) is 0 Å². The third-order valence-corrected chi connectivity index (χ3v) is 12.9. The van der Waals surface area contributed by atoms with Gasteiger partial charge in [-0.05, 0) is 125 Å². The summed E-state index contributed by atoms with van der Waals surface area (Å²) in [5, 5.41) is 0. The van der Waals surface area contributed by atoms with Gasteiger partial charge in [0.1, 0.15) is 0 Å². The normalized spacial score (nSPS) is 11.0. The van der Waals surface area contributed by atoms with Crippen LogP contribution in [0.4, 0.5) is 0 Å². The number of nitrogens with zero attached hydrogens (tertiary/aromatic N) is 3. The molecule has 68 heavy (non-hydrogen) atoms. The number of hydrogen-bond acceptors (Lipinski definition) is 3. The maximum absolute atomic E-state index is 5.09. The molecule has 0 amide bonds. The van der Waals surface area contributed by atoms with E-state index in [2.05, 4.69) is 191 Å². The molecule has 10 aromatic rings. The van der Waals surface area contributed by atoms with Gasteiger partial charge >= 0.3 is 20.1 Å². The van der Waals surface area contributed by atoms with Gasteiger partial charge in [0.15, 0.2) is 0 Å². The molecule has 0 radical (unpaired) electrons. The first-order valence-electron chi connectivity index (χ1n) is 23.1. The Morgan fingerprint density at radius 1 is 0.338 bits per heavy atom. The summed E-state index contributed by atoms with van der Waals surface area (Å²) in [7, 11) is 0. The van der Waals surface area contributed by atoms with E-state index >= 15 is 0 Å². The van der Waals surface area contributed by atoms with Crippen LogP contribution in [-0.4, -0.2) is 15.0 Å². The summed E-state index contributed by atoms with van der Waals surface area (Å²) in [4.78, 5) is 14.8. The third-order valence-electron chi connectivity index (χ3n) is 12.9. The molecule has 0 atom stereocenters. The first-order valence-corrected chi connectivity index (χ1v) is 23.1. The van der Waals surface area contributed by atoms with E-state index < -0.39 is 0 Å². The molecule has 0 aliphatic rings. The Kier molecular flexibility index (Phi) is 14.2. The molecule has 3 heterocycles. The van der Waals surface area contributed by atoms with Crippen LogP contribution in [-0.2, 0) is 45.8 Å². The average molecular weight is 1050 g/mol. The predicted molar refractivity (Wildman–Crippen MR) is 276 cm³/mol. The summed E-state index contributed by atoms with van der Waals surface area (Å²) < 4.78 is 0. The quantitative estimate of drug-likeness (QED) is 0.108. The van der Waals surface area contributed by atoms with Crippen molar-refractivity contribution in [2.24, 2.45) is 0 Å². The monoisotopic (exact) mass is 1050 g/mol. The zero-order valence-corrected chi connectivity index (χ0v) is 41.0. The van der Waals surface area contributed by atoms with Crippen molar-refractivity contribution >= 4 is 0 Å². The fourth-order valence-corrected chi connectivity index (χ4v) is 9.09. The number of aromatic nitrogens is 3. The Balaban J connectivity index is 0.00000578. The molecular formula is C64H50IrN3. The molecule has 0 spiro atoms. The smallest absolute Gasteiger partial charge is 0.304 e. The van der Waals surface area contributed by atoms with Crippen molar-refractivity contribution in [3.63, 3.8) is 0 Å². The number of aryl methyl sites for hydroxylation is 7. The number of benzene rings is 7. The van der Waals surface area contributed by atoms with Gasteiger partial charge in [-0.1, -0.05) is 126 Å². The number of pyridine rings is 3. The first-order chi connectivity index (χ1) is 32.9. The minimum Gasteiger partial charge on any atom is -0.304 e. The Morgan fingerprint density at radius 3 is 1.38 bits per heavy atom. The fraction of sp³-hybridized carbons (Fsp3) is 0.109. The Bertz CT molecular complexity index is 3200. The van der Waals surface area contributed by atoms with E-state index in [9.17, 15) is 0 Å². The van der Waals surface area contributed by atoms with Gasteiger partial charge in [0.05, 0.1) is 0 Å². The van der Waals surface area contributed by atoms with Crippen molar-refractivity contribution in [3.05, 3.63) is 258 Å². The van der Waals surface area contributed by atoms with Crippen LogP contribution in [0, 0.1) is 39.0 Å². The van der Waals surface area contributed by atoms with E-state index in [1.807, 2.05) is 48.7 Å². The first kappa shape index (κ1) is 45.8. The minimum absolute atomic E-state index is 0. The Hall–Kier alpha value is -7.36. The molecule has 3 nitrogen and oxygen atoms in total. The van der Waals surface area contributed by atoms with Gasteiger partial charge in [-0.25, -0.2) is 0 Å².